The molecule has 1 fully saturated rings. The summed E-state index contributed by atoms with van der Waals surface area (Å²) in [6, 6.07) is 4.56. The fourth-order valence-corrected chi connectivity index (χ4v) is 3.90. The van der Waals surface area contributed by atoms with Crippen LogP contribution in [0.4, 0.5) is 4.39 Å². The number of hydrogen-bond acceptors (Lipinski definition) is 4. The molecule has 1 aromatic carbocycles. The van der Waals surface area contributed by atoms with Gasteiger partial charge in [0.25, 0.3) is 0 Å². The van der Waals surface area contributed by atoms with Gasteiger partial charge in [0.1, 0.15) is 5.82 Å². The maximum Gasteiger partial charge on any atom is 0.225 e. The van der Waals surface area contributed by atoms with Crippen LogP contribution < -0.4 is 5.32 Å². The maximum absolute atomic E-state index is 12.9. The molecule has 0 bridgehead atoms. The molecule has 1 aromatic rings. The quantitative estimate of drug-likeness (QED) is 0.794. The van der Waals surface area contributed by atoms with Crippen molar-refractivity contribution in [3.8, 4) is 0 Å². The van der Waals surface area contributed by atoms with Crippen molar-refractivity contribution < 1.29 is 22.4 Å². The maximum atomic E-state index is 12.9. The van der Waals surface area contributed by atoms with E-state index in [4.69, 9.17) is 0 Å². The van der Waals surface area contributed by atoms with Gasteiger partial charge >= 0.3 is 0 Å². The van der Waals surface area contributed by atoms with E-state index in [1.54, 1.807) is 4.90 Å². The molecule has 0 aromatic heterocycles. The van der Waals surface area contributed by atoms with Crippen LogP contribution in [-0.2, 0) is 19.4 Å². The van der Waals surface area contributed by atoms with Crippen molar-refractivity contribution in [2.45, 2.75) is 37.6 Å². The highest BCUT2D eigenvalue weighted by atomic mass is 32.2. The molecule has 8 heteroatoms. The van der Waals surface area contributed by atoms with Crippen molar-refractivity contribution in [1.29, 1.82) is 0 Å². The molecule has 0 saturated carbocycles. The highest BCUT2D eigenvalue weighted by molar-refractivity contribution is 7.91. The van der Waals surface area contributed by atoms with Gasteiger partial charge < -0.3 is 10.2 Å². The van der Waals surface area contributed by atoms with Crippen LogP contribution in [0.2, 0.25) is 0 Å². The van der Waals surface area contributed by atoms with Crippen molar-refractivity contribution in [3.63, 3.8) is 0 Å². The first kappa shape index (κ1) is 19.4. The molecule has 2 rings (SSSR count). The summed E-state index contributed by atoms with van der Waals surface area (Å²) in [7, 11) is -3.60. The Bertz CT molecular complexity index is 754. The van der Waals surface area contributed by atoms with Gasteiger partial charge in [-0.2, -0.15) is 0 Å². The van der Waals surface area contributed by atoms with Crippen LogP contribution in [0.3, 0.4) is 0 Å². The summed E-state index contributed by atoms with van der Waals surface area (Å²) < 4.78 is 37.2. The number of likely N-dealkylation sites (tertiary alicyclic amines) is 1. The predicted molar refractivity (Wildman–Crippen MR) is 91.0 cm³/mol. The van der Waals surface area contributed by atoms with Gasteiger partial charge in [-0.3, -0.25) is 9.59 Å². The van der Waals surface area contributed by atoms with Crippen molar-refractivity contribution in [2.24, 2.45) is 5.92 Å². The second-order valence-corrected chi connectivity index (χ2v) is 9.25. The van der Waals surface area contributed by atoms with Gasteiger partial charge in [0.05, 0.1) is 16.6 Å². The number of hydrogen-bond donors (Lipinski definition) is 1. The molecular weight excluding hydrogens is 347 g/mol. The third-order valence-electron chi connectivity index (χ3n) is 4.15. The molecule has 1 aliphatic rings. The van der Waals surface area contributed by atoms with E-state index in [-0.39, 0.29) is 41.0 Å². The molecule has 2 amide bonds. The molecule has 6 nitrogen and oxygen atoms in total. The van der Waals surface area contributed by atoms with Crippen LogP contribution in [0.25, 0.3) is 0 Å². The number of sulfone groups is 1. The van der Waals surface area contributed by atoms with Gasteiger partial charge in [-0.15, -0.1) is 0 Å². The minimum Gasteiger partial charge on any atom is -0.355 e. The molecule has 0 radical (unpaired) electrons. The normalized spacial score (nSPS) is 18.5. The molecule has 1 aliphatic heterocycles. The minimum atomic E-state index is -3.60. The van der Waals surface area contributed by atoms with Gasteiger partial charge in [0.2, 0.25) is 11.8 Å². The van der Waals surface area contributed by atoms with Crippen LogP contribution in [0.15, 0.2) is 29.2 Å². The molecule has 1 heterocycles. The highest BCUT2D eigenvalue weighted by Gasteiger charge is 2.39. The average molecular weight is 370 g/mol. The number of carbonyl (C=O) groups excluding carboxylic acids is 2. The van der Waals surface area contributed by atoms with Crippen LogP contribution in [0.5, 0.6) is 0 Å². The predicted octanol–water partition coefficient (Wildman–Crippen LogP) is 1.36. The zero-order chi connectivity index (χ0) is 18.8. The first-order chi connectivity index (χ1) is 11.5. The molecule has 1 N–H and O–H groups in total. The molecule has 0 aliphatic carbocycles. The van der Waals surface area contributed by atoms with Crippen LogP contribution in [0, 0.1) is 11.7 Å². The van der Waals surface area contributed by atoms with Gasteiger partial charge in [-0.1, -0.05) is 0 Å². The largest absolute Gasteiger partial charge is 0.355 e. The van der Waals surface area contributed by atoms with Crippen molar-refractivity contribution in [3.05, 3.63) is 30.1 Å². The SMILES string of the molecule is CC(C)(C)N1C[C@H](C(=O)NCCS(=O)(=O)c2ccc(F)cc2)CC1=O. The van der Waals surface area contributed by atoms with Gasteiger partial charge in [0, 0.05) is 25.0 Å². The Morgan fingerprint density at radius 1 is 1.28 bits per heavy atom. The number of nitrogens with one attached hydrogen (secondary N) is 1. The van der Waals surface area contributed by atoms with Crippen molar-refractivity contribution >= 4 is 21.7 Å². The highest BCUT2D eigenvalue weighted by Crippen LogP contribution is 2.25. The Kier molecular flexibility index (Phi) is 5.51. The van der Waals surface area contributed by atoms with E-state index in [1.165, 1.54) is 12.1 Å². The van der Waals surface area contributed by atoms with Crippen molar-refractivity contribution in [1.82, 2.24) is 10.2 Å². The molecule has 138 valence electrons. The lowest BCUT2D eigenvalue weighted by Gasteiger charge is -2.31. The zero-order valence-electron chi connectivity index (χ0n) is 14.6. The molecule has 1 saturated heterocycles. The smallest absolute Gasteiger partial charge is 0.225 e. The van der Waals surface area contributed by atoms with Gasteiger partial charge in [-0.05, 0) is 45.0 Å². The van der Waals surface area contributed by atoms with E-state index < -0.39 is 21.6 Å². The van der Waals surface area contributed by atoms with Gasteiger partial charge in [-0.25, -0.2) is 12.8 Å². The summed E-state index contributed by atoms with van der Waals surface area (Å²) in [6.07, 6.45) is 0.133. The lowest BCUT2D eigenvalue weighted by molar-refractivity contribution is -0.132. The standard InChI is InChI=1S/C17H23FN2O4S/c1-17(2,3)20-11-12(10-15(20)21)16(22)19-8-9-25(23,24)14-6-4-13(18)5-7-14/h4-7,12H,8-11H2,1-3H3,(H,19,22)/t12-/m1/s1. The van der Waals surface area contributed by atoms with Crippen LogP contribution in [0.1, 0.15) is 27.2 Å². The fraction of sp³-hybridized carbons (Fsp3) is 0.529. The number of halogens is 1. The molecular formula is C17H23FN2O4S. The second kappa shape index (κ2) is 7.11. The first-order valence-corrected chi connectivity index (χ1v) is 9.72. The summed E-state index contributed by atoms with van der Waals surface area (Å²) >= 11 is 0. The minimum absolute atomic E-state index is 0.0121. The van der Waals surface area contributed by atoms with E-state index in [0.29, 0.717) is 6.54 Å². The fourth-order valence-electron chi connectivity index (χ4n) is 2.74. The first-order valence-electron chi connectivity index (χ1n) is 8.07. The molecule has 1 atom stereocenters. The van der Waals surface area contributed by atoms with Crippen LogP contribution in [-0.4, -0.2) is 49.5 Å². The molecule has 0 unspecified atom stereocenters. The van der Waals surface area contributed by atoms with E-state index in [0.717, 1.165) is 12.1 Å². The van der Waals surface area contributed by atoms with E-state index in [9.17, 15) is 22.4 Å². The summed E-state index contributed by atoms with van der Waals surface area (Å²) in [5, 5.41) is 2.58. The third kappa shape index (κ3) is 4.78. The third-order valence-corrected chi connectivity index (χ3v) is 5.88. The Labute approximate surface area is 147 Å². The number of benzene rings is 1. The second-order valence-electron chi connectivity index (χ2n) is 7.14. The summed E-state index contributed by atoms with van der Waals surface area (Å²) in [5.41, 5.74) is -0.349. The summed E-state index contributed by atoms with van der Waals surface area (Å²) in [4.78, 5) is 25.9. The van der Waals surface area contributed by atoms with Crippen molar-refractivity contribution in [2.75, 3.05) is 18.8 Å². The molecule has 25 heavy (non-hydrogen) atoms. The molecule has 0 spiro atoms. The Balaban J connectivity index is 1.89. The van der Waals surface area contributed by atoms with Gasteiger partial charge in [0.15, 0.2) is 9.84 Å². The van der Waals surface area contributed by atoms with E-state index >= 15 is 0 Å². The number of carbonyl (C=O) groups is 2. The zero-order valence-corrected chi connectivity index (χ0v) is 15.4. The summed E-state index contributed by atoms with van der Waals surface area (Å²) in [6.45, 7) is 5.99. The number of amides is 2. The Morgan fingerprint density at radius 2 is 1.88 bits per heavy atom. The van der Waals surface area contributed by atoms with E-state index in [1.807, 2.05) is 20.8 Å². The lowest BCUT2D eigenvalue weighted by Crippen LogP contribution is -2.43. The van der Waals surface area contributed by atoms with Crippen LogP contribution >= 0.6 is 0 Å². The average Bonchev–Trinajstić information content (AvgIpc) is 2.89. The summed E-state index contributed by atoms with van der Waals surface area (Å²) in [5.74, 6) is -1.67. The Hall–Kier alpha value is -1.96. The topological polar surface area (TPSA) is 83.6 Å². The lowest BCUT2D eigenvalue weighted by atomic mass is 10.1. The number of nitrogens with zero attached hydrogens (tertiary/aromatic N) is 1. The van der Waals surface area contributed by atoms with E-state index in [2.05, 4.69) is 5.32 Å². The Morgan fingerprint density at radius 3 is 2.40 bits per heavy atom. The monoisotopic (exact) mass is 370 g/mol. The number of rotatable bonds is 5.